The summed E-state index contributed by atoms with van der Waals surface area (Å²) < 4.78 is 12.7. The molecule has 0 saturated heterocycles. The maximum absolute atomic E-state index is 12.3. The fourth-order valence-corrected chi connectivity index (χ4v) is 3.96. The second-order valence-electron chi connectivity index (χ2n) is 7.39. The molecule has 4 aromatic rings. The zero-order valence-electron chi connectivity index (χ0n) is 18.9. The topological polar surface area (TPSA) is 95.3 Å². The minimum Gasteiger partial charge on any atom is -0.486 e. The van der Waals surface area contributed by atoms with Crippen molar-refractivity contribution in [2.24, 2.45) is 7.05 Å². The Morgan fingerprint density at radius 1 is 1.00 bits per heavy atom. The number of hydrogen-bond donors (Lipinski definition) is 1. The number of anilines is 1. The molecule has 0 aliphatic rings. The lowest BCUT2D eigenvalue weighted by Gasteiger charge is -2.08. The van der Waals surface area contributed by atoms with Crippen LogP contribution in [-0.2, 0) is 23.2 Å². The number of ether oxygens (including phenoxy) is 2. The number of amides is 1. The number of thioether (sulfide) groups is 1. The number of carbonyl (C=O) groups is 2. The number of fused-ring (bicyclic) bond motifs is 1. The van der Waals surface area contributed by atoms with Gasteiger partial charge in [-0.15, -0.1) is 10.2 Å². The van der Waals surface area contributed by atoms with Crippen LogP contribution in [0.2, 0.25) is 0 Å². The summed E-state index contributed by atoms with van der Waals surface area (Å²) in [5.74, 6) is 0.997. The van der Waals surface area contributed by atoms with Crippen LogP contribution in [0, 0.1) is 0 Å². The van der Waals surface area contributed by atoms with Crippen LogP contribution in [0.1, 0.15) is 23.1 Å². The van der Waals surface area contributed by atoms with E-state index in [2.05, 4.69) is 21.6 Å². The molecule has 4 rings (SSSR count). The normalized spacial score (nSPS) is 10.8. The van der Waals surface area contributed by atoms with Gasteiger partial charge < -0.3 is 19.4 Å². The summed E-state index contributed by atoms with van der Waals surface area (Å²) in [4.78, 5) is 24.1. The first-order chi connectivity index (χ1) is 16.5. The minimum atomic E-state index is -0.390. The Morgan fingerprint density at radius 3 is 2.53 bits per heavy atom. The molecule has 1 N–H and O–H groups in total. The highest BCUT2D eigenvalue weighted by molar-refractivity contribution is 7.99. The van der Waals surface area contributed by atoms with Gasteiger partial charge in [-0.25, -0.2) is 4.79 Å². The van der Waals surface area contributed by atoms with E-state index in [-0.39, 0.29) is 18.3 Å². The van der Waals surface area contributed by atoms with E-state index in [9.17, 15) is 9.59 Å². The lowest BCUT2D eigenvalue weighted by atomic mass is 10.1. The van der Waals surface area contributed by atoms with Gasteiger partial charge in [0.05, 0.1) is 17.9 Å². The molecule has 8 nitrogen and oxygen atoms in total. The molecule has 1 amide bonds. The smallest absolute Gasteiger partial charge is 0.338 e. The van der Waals surface area contributed by atoms with Crippen molar-refractivity contribution in [2.75, 3.05) is 17.7 Å². The van der Waals surface area contributed by atoms with Crippen molar-refractivity contribution in [1.82, 2.24) is 14.8 Å². The maximum atomic E-state index is 12.3. The Balaban J connectivity index is 1.28. The lowest BCUT2D eigenvalue weighted by molar-refractivity contribution is -0.113. The van der Waals surface area contributed by atoms with E-state index < -0.39 is 5.97 Å². The highest BCUT2D eigenvalue weighted by Gasteiger charge is 2.13. The van der Waals surface area contributed by atoms with Crippen LogP contribution in [0.25, 0.3) is 10.8 Å². The van der Waals surface area contributed by atoms with Crippen LogP contribution in [0.3, 0.4) is 0 Å². The largest absolute Gasteiger partial charge is 0.486 e. The number of aromatic nitrogens is 3. The predicted octanol–water partition coefficient (Wildman–Crippen LogP) is 4.45. The highest BCUT2D eigenvalue weighted by Crippen LogP contribution is 2.22. The van der Waals surface area contributed by atoms with Gasteiger partial charge in [0.25, 0.3) is 0 Å². The van der Waals surface area contributed by atoms with Crippen molar-refractivity contribution in [2.45, 2.75) is 18.7 Å². The van der Waals surface area contributed by atoms with Crippen molar-refractivity contribution < 1.29 is 19.1 Å². The van der Waals surface area contributed by atoms with Gasteiger partial charge in [0.15, 0.2) is 11.0 Å². The van der Waals surface area contributed by atoms with Crippen LogP contribution in [-0.4, -0.2) is 39.0 Å². The number of esters is 1. The number of nitrogens with one attached hydrogen (secondary N) is 1. The van der Waals surface area contributed by atoms with E-state index in [1.807, 2.05) is 48.0 Å². The summed E-state index contributed by atoms with van der Waals surface area (Å²) >= 11 is 1.28. The fourth-order valence-electron chi connectivity index (χ4n) is 3.23. The van der Waals surface area contributed by atoms with E-state index >= 15 is 0 Å². The molecule has 34 heavy (non-hydrogen) atoms. The van der Waals surface area contributed by atoms with E-state index in [4.69, 9.17) is 9.47 Å². The Bertz CT molecular complexity index is 1300. The first kappa shape index (κ1) is 23.3. The monoisotopic (exact) mass is 476 g/mol. The first-order valence-electron chi connectivity index (χ1n) is 10.7. The molecule has 0 spiro atoms. The molecule has 0 radical (unpaired) electrons. The average molecular weight is 477 g/mol. The molecule has 174 valence electrons. The zero-order valence-corrected chi connectivity index (χ0v) is 19.7. The third kappa shape index (κ3) is 5.74. The van der Waals surface area contributed by atoms with E-state index in [1.54, 1.807) is 31.2 Å². The molecule has 3 aromatic carbocycles. The number of rotatable bonds is 9. The van der Waals surface area contributed by atoms with Crippen molar-refractivity contribution in [3.8, 4) is 5.75 Å². The Kier molecular flexibility index (Phi) is 7.44. The minimum absolute atomic E-state index is 0.164. The predicted molar refractivity (Wildman–Crippen MR) is 131 cm³/mol. The van der Waals surface area contributed by atoms with Gasteiger partial charge in [-0.3, -0.25) is 4.79 Å². The molecule has 0 saturated carbocycles. The summed E-state index contributed by atoms with van der Waals surface area (Å²) in [6, 6.07) is 20.6. The summed E-state index contributed by atoms with van der Waals surface area (Å²) in [5, 5.41) is 14.0. The molecule has 0 aliphatic carbocycles. The Morgan fingerprint density at radius 2 is 1.76 bits per heavy atom. The first-order valence-corrected chi connectivity index (χ1v) is 11.7. The molecule has 0 unspecified atom stereocenters. The van der Waals surface area contributed by atoms with Gasteiger partial charge in [0.2, 0.25) is 5.91 Å². The number of hydrogen-bond acceptors (Lipinski definition) is 7. The van der Waals surface area contributed by atoms with Crippen LogP contribution < -0.4 is 10.1 Å². The maximum Gasteiger partial charge on any atom is 0.338 e. The molecule has 0 atom stereocenters. The molecule has 0 bridgehead atoms. The highest BCUT2D eigenvalue weighted by atomic mass is 32.2. The van der Waals surface area contributed by atoms with Gasteiger partial charge in [-0.2, -0.15) is 0 Å². The standard InChI is InChI=1S/C25H24N4O4S/c1-3-32-24(31)18-8-11-20(12-9-18)26-23(30)16-34-25-28-27-22(29(25)2)15-33-21-13-10-17-6-4-5-7-19(17)14-21/h4-14H,3,15-16H2,1-2H3,(H,26,30). The molecule has 1 aromatic heterocycles. The van der Waals surface area contributed by atoms with Crippen molar-refractivity contribution in [3.05, 3.63) is 78.1 Å². The van der Waals surface area contributed by atoms with E-state index in [1.165, 1.54) is 11.8 Å². The number of benzene rings is 3. The fraction of sp³-hybridized carbons (Fsp3) is 0.200. The van der Waals surface area contributed by atoms with Crippen molar-refractivity contribution in [3.63, 3.8) is 0 Å². The molecular weight excluding hydrogens is 452 g/mol. The van der Waals surface area contributed by atoms with Crippen molar-refractivity contribution >= 4 is 40.1 Å². The van der Waals surface area contributed by atoms with Crippen LogP contribution in [0.4, 0.5) is 5.69 Å². The summed E-state index contributed by atoms with van der Waals surface area (Å²) in [5.41, 5.74) is 1.04. The molecule has 0 fully saturated rings. The van der Waals surface area contributed by atoms with Gasteiger partial charge in [-0.1, -0.05) is 42.1 Å². The van der Waals surface area contributed by atoms with E-state index in [0.717, 1.165) is 16.5 Å². The van der Waals surface area contributed by atoms with Crippen LogP contribution >= 0.6 is 11.8 Å². The van der Waals surface area contributed by atoms with Gasteiger partial charge in [-0.05, 0) is 54.1 Å². The van der Waals surface area contributed by atoms with E-state index in [0.29, 0.717) is 28.8 Å². The van der Waals surface area contributed by atoms with Crippen LogP contribution in [0.15, 0.2) is 71.9 Å². The van der Waals surface area contributed by atoms with Crippen molar-refractivity contribution in [1.29, 1.82) is 0 Å². The molecule has 1 heterocycles. The summed E-state index contributed by atoms with van der Waals surface area (Å²) in [6.07, 6.45) is 0. The summed E-state index contributed by atoms with van der Waals surface area (Å²) in [7, 11) is 1.84. The summed E-state index contributed by atoms with van der Waals surface area (Å²) in [6.45, 7) is 2.33. The third-order valence-electron chi connectivity index (χ3n) is 5.03. The quantitative estimate of drug-likeness (QED) is 0.282. The van der Waals surface area contributed by atoms with Gasteiger partial charge in [0, 0.05) is 12.7 Å². The second-order valence-corrected chi connectivity index (χ2v) is 8.33. The second kappa shape index (κ2) is 10.8. The Labute approximate surface area is 201 Å². The zero-order chi connectivity index (χ0) is 23.9. The molecule has 0 aliphatic heterocycles. The lowest BCUT2D eigenvalue weighted by Crippen LogP contribution is -2.15. The average Bonchev–Trinajstić information content (AvgIpc) is 3.21. The van der Waals surface area contributed by atoms with Gasteiger partial charge in [0.1, 0.15) is 12.4 Å². The SMILES string of the molecule is CCOC(=O)c1ccc(NC(=O)CSc2nnc(COc3ccc4ccccc4c3)n2C)cc1. The van der Waals surface area contributed by atoms with Crippen LogP contribution in [0.5, 0.6) is 5.75 Å². The molecular formula is C25H24N4O4S. The van der Waals surface area contributed by atoms with Gasteiger partial charge >= 0.3 is 5.97 Å². The molecule has 9 heteroatoms. The Hall–Kier alpha value is -3.85. The number of nitrogens with zero attached hydrogens (tertiary/aromatic N) is 3. The number of carbonyl (C=O) groups excluding carboxylic acids is 2. The third-order valence-corrected chi connectivity index (χ3v) is 6.05.